The standard InChI is InChI=1S/C12H17N3O3/c1-8(9-4-6-14-7-5-9)15-12(18)10(13)2-3-11(16)17/h4-8,10H,2-3,13H2,1H3,(H,15,18)(H,16,17)/t8-,10?/m1/s1. The maximum absolute atomic E-state index is 11.7. The van der Waals surface area contributed by atoms with Gasteiger partial charge in [0.15, 0.2) is 0 Å². The van der Waals surface area contributed by atoms with Crippen LogP contribution in [0, 0.1) is 0 Å². The van der Waals surface area contributed by atoms with Crippen molar-refractivity contribution in [1.82, 2.24) is 10.3 Å². The summed E-state index contributed by atoms with van der Waals surface area (Å²) < 4.78 is 0. The van der Waals surface area contributed by atoms with Gasteiger partial charge in [-0.1, -0.05) is 0 Å². The van der Waals surface area contributed by atoms with E-state index in [1.54, 1.807) is 24.5 Å². The molecule has 1 amide bonds. The Labute approximate surface area is 105 Å². The quantitative estimate of drug-likeness (QED) is 0.680. The van der Waals surface area contributed by atoms with Gasteiger partial charge in [-0.3, -0.25) is 14.6 Å². The summed E-state index contributed by atoms with van der Waals surface area (Å²) in [7, 11) is 0. The lowest BCUT2D eigenvalue weighted by atomic mass is 10.1. The summed E-state index contributed by atoms with van der Waals surface area (Å²) in [6, 6.07) is 2.61. The number of pyridine rings is 1. The molecule has 0 radical (unpaired) electrons. The van der Waals surface area contributed by atoms with E-state index in [1.165, 1.54) is 0 Å². The minimum absolute atomic E-state index is 0.113. The van der Waals surface area contributed by atoms with Crippen molar-refractivity contribution in [3.8, 4) is 0 Å². The van der Waals surface area contributed by atoms with Crippen LogP contribution in [0.25, 0.3) is 0 Å². The Morgan fingerprint density at radius 2 is 2.06 bits per heavy atom. The lowest BCUT2D eigenvalue weighted by molar-refractivity contribution is -0.137. The Balaban J connectivity index is 2.46. The maximum atomic E-state index is 11.7. The van der Waals surface area contributed by atoms with E-state index in [0.717, 1.165) is 5.56 Å². The van der Waals surface area contributed by atoms with E-state index in [2.05, 4.69) is 10.3 Å². The summed E-state index contributed by atoms with van der Waals surface area (Å²) in [5.74, 6) is -1.30. The molecule has 6 heteroatoms. The SMILES string of the molecule is C[C@@H](NC(=O)C(N)CCC(=O)O)c1ccncc1. The second-order valence-corrected chi connectivity index (χ2v) is 4.05. The van der Waals surface area contributed by atoms with E-state index >= 15 is 0 Å². The zero-order valence-electron chi connectivity index (χ0n) is 10.2. The van der Waals surface area contributed by atoms with Crippen LogP contribution in [-0.4, -0.2) is 28.0 Å². The van der Waals surface area contributed by atoms with Gasteiger partial charge >= 0.3 is 5.97 Å². The first-order valence-electron chi connectivity index (χ1n) is 5.68. The van der Waals surface area contributed by atoms with E-state index in [4.69, 9.17) is 10.8 Å². The van der Waals surface area contributed by atoms with Gasteiger partial charge in [0.05, 0.1) is 12.1 Å². The van der Waals surface area contributed by atoms with Gasteiger partial charge in [0, 0.05) is 18.8 Å². The van der Waals surface area contributed by atoms with Crippen LogP contribution in [0.4, 0.5) is 0 Å². The van der Waals surface area contributed by atoms with Crippen molar-refractivity contribution in [2.24, 2.45) is 5.73 Å². The first kappa shape index (κ1) is 14.1. The summed E-state index contributed by atoms with van der Waals surface area (Å²) in [6.45, 7) is 1.83. The topological polar surface area (TPSA) is 105 Å². The number of carboxylic acid groups (broad SMARTS) is 1. The summed E-state index contributed by atoms with van der Waals surface area (Å²) in [4.78, 5) is 26.0. The van der Waals surface area contributed by atoms with Crippen LogP contribution in [0.15, 0.2) is 24.5 Å². The number of carboxylic acids is 1. The Morgan fingerprint density at radius 3 is 2.61 bits per heavy atom. The molecule has 1 aromatic heterocycles. The van der Waals surface area contributed by atoms with Crippen LogP contribution in [0.1, 0.15) is 31.4 Å². The molecule has 0 spiro atoms. The molecule has 1 rings (SSSR count). The fraction of sp³-hybridized carbons (Fsp3) is 0.417. The number of hydrogen-bond acceptors (Lipinski definition) is 4. The molecule has 0 fully saturated rings. The van der Waals surface area contributed by atoms with Crippen molar-refractivity contribution in [2.45, 2.75) is 31.8 Å². The molecule has 6 nitrogen and oxygen atoms in total. The number of carbonyl (C=O) groups excluding carboxylic acids is 1. The molecule has 0 aliphatic rings. The minimum atomic E-state index is -0.958. The number of nitrogens with one attached hydrogen (secondary N) is 1. The monoisotopic (exact) mass is 251 g/mol. The Hall–Kier alpha value is -1.95. The smallest absolute Gasteiger partial charge is 0.303 e. The molecule has 0 saturated heterocycles. The van der Waals surface area contributed by atoms with E-state index in [1.807, 2.05) is 6.92 Å². The molecular weight excluding hydrogens is 234 g/mol. The maximum Gasteiger partial charge on any atom is 0.303 e. The molecule has 0 bridgehead atoms. The van der Waals surface area contributed by atoms with Gasteiger partial charge < -0.3 is 16.2 Å². The highest BCUT2D eigenvalue weighted by Crippen LogP contribution is 2.10. The zero-order chi connectivity index (χ0) is 13.5. The summed E-state index contributed by atoms with van der Waals surface area (Å²) in [5.41, 5.74) is 6.52. The van der Waals surface area contributed by atoms with Gasteiger partial charge in [0.25, 0.3) is 0 Å². The molecule has 18 heavy (non-hydrogen) atoms. The normalized spacial score (nSPS) is 13.7. The van der Waals surface area contributed by atoms with Crippen molar-refractivity contribution in [3.63, 3.8) is 0 Å². The molecular formula is C12H17N3O3. The molecule has 1 unspecified atom stereocenters. The van der Waals surface area contributed by atoms with Crippen LogP contribution in [-0.2, 0) is 9.59 Å². The highest BCUT2D eigenvalue weighted by molar-refractivity contribution is 5.82. The van der Waals surface area contributed by atoms with Crippen LogP contribution >= 0.6 is 0 Å². The number of aromatic nitrogens is 1. The number of rotatable bonds is 6. The lowest BCUT2D eigenvalue weighted by Gasteiger charge is -2.17. The molecule has 0 aliphatic heterocycles. The second kappa shape index (κ2) is 6.70. The van der Waals surface area contributed by atoms with Gasteiger partial charge in [0.1, 0.15) is 0 Å². The second-order valence-electron chi connectivity index (χ2n) is 4.05. The number of nitrogens with zero attached hydrogens (tertiary/aromatic N) is 1. The molecule has 0 aromatic carbocycles. The molecule has 98 valence electrons. The van der Waals surface area contributed by atoms with Crippen LogP contribution in [0.2, 0.25) is 0 Å². The number of hydrogen-bond donors (Lipinski definition) is 3. The highest BCUT2D eigenvalue weighted by Gasteiger charge is 2.17. The van der Waals surface area contributed by atoms with E-state index < -0.39 is 12.0 Å². The predicted molar refractivity (Wildman–Crippen MR) is 65.6 cm³/mol. The Kier molecular flexibility index (Phi) is 5.26. The van der Waals surface area contributed by atoms with Gasteiger partial charge in [-0.2, -0.15) is 0 Å². The van der Waals surface area contributed by atoms with Crippen molar-refractivity contribution in [3.05, 3.63) is 30.1 Å². The average molecular weight is 251 g/mol. The van der Waals surface area contributed by atoms with Gasteiger partial charge in [-0.05, 0) is 31.0 Å². The van der Waals surface area contributed by atoms with Crippen molar-refractivity contribution < 1.29 is 14.7 Å². The summed E-state index contributed by atoms with van der Waals surface area (Å²) in [6.07, 6.45) is 3.30. The predicted octanol–water partition coefficient (Wildman–Crippen LogP) is 0.451. The van der Waals surface area contributed by atoms with Crippen LogP contribution in [0.5, 0.6) is 0 Å². The minimum Gasteiger partial charge on any atom is -0.481 e. The molecule has 1 heterocycles. The van der Waals surface area contributed by atoms with Gasteiger partial charge in [0.2, 0.25) is 5.91 Å². The zero-order valence-corrected chi connectivity index (χ0v) is 10.2. The largest absolute Gasteiger partial charge is 0.481 e. The van der Waals surface area contributed by atoms with E-state index in [9.17, 15) is 9.59 Å². The van der Waals surface area contributed by atoms with Gasteiger partial charge in [-0.25, -0.2) is 0 Å². The third kappa shape index (κ3) is 4.50. The third-order valence-corrected chi connectivity index (χ3v) is 2.57. The molecule has 0 saturated carbocycles. The van der Waals surface area contributed by atoms with Gasteiger partial charge in [-0.15, -0.1) is 0 Å². The number of amides is 1. The fourth-order valence-electron chi connectivity index (χ4n) is 1.47. The number of aliphatic carboxylic acids is 1. The number of carbonyl (C=O) groups is 2. The van der Waals surface area contributed by atoms with Crippen molar-refractivity contribution in [2.75, 3.05) is 0 Å². The fourth-order valence-corrected chi connectivity index (χ4v) is 1.47. The lowest BCUT2D eigenvalue weighted by Crippen LogP contribution is -2.41. The average Bonchev–Trinajstić information content (AvgIpc) is 2.36. The van der Waals surface area contributed by atoms with E-state index in [-0.39, 0.29) is 24.8 Å². The van der Waals surface area contributed by atoms with Crippen molar-refractivity contribution in [1.29, 1.82) is 0 Å². The van der Waals surface area contributed by atoms with Crippen LogP contribution < -0.4 is 11.1 Å². The van der Waals surface area contributed by atoms with E-state index in [0.29, 0.717) is 0 Å². The number of nitrogens with two attached hydrogens (primary N) is 1. The molecule has 4 N–H and O–H groups in total. The van der Waals surface area contributed by atoms with Crippen LogP contribution in [0.3, 0.4) is 0 Å². The molecule has 2 atom stereocenters. The van der Waals surface area contributed by atoms with Crippen molar-refractivity contribution >= 4 is 11.9 Å². The summed E-state index contributed by atoms with van der Waals surface area (Å²) >= 11 is 0. The third-order valence-electron chi connectivity index (χ3n) is 2.57. The first-order valence-corrected chi connectivity index (χ1v) is 5.68. The Morgan fingerprint density at radius 1 is 1.44 bits per heavy atom. The Bertz CT molecular complexity index is 408. The molecule has 1 aromatic rings. The summed E-state index contributed by atoms with van der Waals surface area (Å²) in [5, 5.41) is 11.2. The first-order chi connectivity index (χ1) is 8.50. The highest BCUT2D eigenvalue weighted by atomic mass is 16.4. The molecule has 0 aliphatic carbocycles.